The van der Waals surface area contributed by atoms with Crippen LogP contribution in [0.2, 0.25) is 0 Å². The van der Waals surface area contributed by atoms with E-state index in [4.69, 9.17) is 9.47 Å². The van der Waals surface area contributed by atoms with Crippen molar-refractivity contribution in [2.75, 3.05) is 14.2 Å². The Kier molecular flexibility index (Phi) is 5.93. The highest BCUT2D eigenvalue weighted by Crippen LogP contribution is 2.33. The molecule has 0 spiro atoms. The molecule has 0 saturated carbocycles. The van der Waals surface area contributed by atoms with E-state index in [0.717, 1.165) is 29.2 Å². The summed E-state index contributed by atoms with van der Waals surface area (Å²) in [4.78, 5) is 14.5. The largest absolute Gasteiger partial charge is 0.493 e. The Labute approximate surface area is 158 Å². The van der Waals surface area contributed by atoms with Gasteiger partial charge in [0.25, 0.3) is 5.91 Å². The number of amides is 1. The molecule has 0 saturated heterocycles. The second-order valence-electron chi connectivity index (χ2n) is 6.36. The number of rotatable bonds is 6. The van der Waals surface area contributed by atoms with Crippen LogP contribution in [0, 0.1) is 5.92 Å². The minimum atomic E-state index is -0.171. The predicted octanol–water partition coefficient (Wildman–Crippen LogP) is 4.04. The number of nitrogens with one attached hydrogen (secondary N) is 1. The Bertz CT molecular complexity index is 813. The molecular formula is C20H24N2O3S. The summed E-state index contributed by atoms with van der Waals surface area (Å²) in [6.45, 7) is 2.23. The number of carbonyl (C=O) groups is 1. The number of hydrogen-bond acceptors (Lipinski definition) is 5. The zero-order valence-corrected chi connectivity index (χ0v) is 16.2. The number of nitrogens with zero attached hydrogens (tertiary/aromatic N) is 1. The number of ether oxygens (including phenoxy) is 2. The standard InChI is InChI=1S/C20H24N2O3S/c1-4-13-8-9-17-15(10-13)11-18(26-17)20(23)22-21-12-14-6-5-7-16(24-2)19(14)25-3/h5-7,11-13H,4,8-10H2,1-3H3,(H,22,23)/b21-12-/t13-/m0/s1. The zero-order chi connectivity index (χ0) is 18.5. The lowest BCUT2D eigenvalue weighted by atomic mass is 9.87. The Morgan fingerprint density at radius 2 is 2.23 bits per heavy atom. The van der Waals surface area contributed by atoms with E-state index in [-0.39, 0.29) is 5.91 Å². The van der Waals surface area contributed by atoms with Gasteiger partial charge in [-0.3, -0.25) is 4.79 Å². The first-order valence-corrected chi connectivity index (χ1v) is 9.63. The maximum absolute atomic E-state index is 12.4. The van der Waals surface area contributed by atoms with Gasteiger partial charge in [0.2, 0.25) is 0 Å². The van der Waals surface area contributed by atoms with Gasteiger partial charge < -0.3 is 9.47 Å². The molecule has 1 aliphatic rings. The molecule has 2 aromatic rings. The minimum absolute atomic E-state index is 0.171. The Balaban J connectivity index is 1.68. The monoisotopic (exact) mass is 372 g/mol. The number of fused-ring (bicyclic) bond motifs is 1. The molecule has 26 heavy (non-hydrogen) atoms. The highest BCUT2D eigenvalue weighted by Gasteiger charge is 2.21. The third-order valence-electron chi connectivity index (χ3n) is 4.79. The number of benzene rings is 1. The van der Waals surface area contributed by atoms with E-state index in [9.17, 15) is 4.79 Å². The summed E-state index contributed by atoms with van der Waals surface area (Å²) in [6, 6.07) is 7.54. The molecule has 1 atom stereocenters. The summed E-state index contributed by atoms with van der Waals surface area (Å²) in [5, 5.41) is 4.09. The highest BCUT2D eigenvalue weighted by atomic mass is 32.1. The van der Waals surface area contributed by atoms with Gasteiger partial charge in [0.15, 0.2) is 11.5 Å². The normalized spacial score (nSPS) is 16.3. The molecule has 3 rings (SSSR count). The Hall–Kier alpha value is -2.34. The third-order valence-corrected chi connectivity index (χ3v) is 6.03. The first-order chi connectivity index (χ1) is 12.7. The van der Waals surface area contributed by atoms with Gasteiger partial charge in [-0.2, -0.15) is 5.10 Å². The Morgan fingerprint density at radius 1 is 1.38 bits per heavy atom. The van der Waals surface area contributed by atoms with Crippen molar-refractivity contribution in [2.45, 2.75) is 32.6 Å². The molecule has 5 nitrogen and oxygen atoms in total. The number of carbonyl (C=O) groups excluding carboxylic acids is 1. The van der Waals surface area contributed by atoms with Crippen molar-refractivity contribution in [1.82, 2.24) is 5.43 Å². The van der Waals surface area contributed by atoms with Crippen LogP contribution in [0.25, 0.3) is 0 Å². The zero-order valence-electron chi connectivity index (χ0n) is 15.4. The van der Waals surface area contributed by atoms with Crippen molar-refractivity contribution in [3.63, 3.8) is 0 Å². The second kappa shape index (κ2) is 8.36. The topological polar surface area (TPSA) is 59.9 Å². The van der Waals surface area contributed by atoms with Gasteiger partial charge >= 0.3 is 0 Å². The average Bonchev–Trinajstić information content (AvgIpc) is 3.10. The van der Waals surface area contributed by atoms with E-state index in [1.54, 1.807) is 31.8 Å². The molecular weight excluding hydrogens is 348 g/mol. The lowest BCUT2D eigenvalue weighted by Gasteiger charge is -2.19. The average molecular weight is 372 g/mol. The lowest BCUT2D eigenvalue weighted by molar-refractivity contribution is 0.0959. The summed E-state index contributed by atoms with van der Waals surface area (Å²) < 4.78 is 10.6. The molecule has 0 aliphatic heterocycles. The highest BCUT2D eigenvalue weighted by molar-refractivity contribution is 7.14. The number of methoxy groups -OCH3 is 2. The predicted molar refractivity (Wildman–Crippen MR) is 105 cm³/mol. The molecule has 1 aromatic heterocycles. The van der Waals surface area contributed by atoms with E-state index in [1.165, 1.54) is 23.3 Å². The smallest absolute Gasteiger partial charge is 0.281 e. The van der Waals surface area contributed by atoms with E-state index in [2.05, 4.69) is 17.5 Å². The number of aryl methyl sites for hydroxylation is 1. The summed E-state index contributed by atoms with van der Waals surface area (Å²) in [7, 11) is 3.16. The minimum Gasteiger partial charge on any atom is -0.493 e. The maximum atomic E-state index is 12.4. The third kappa shape index (κ3) is 3.90. The number of hydrazone groups is 1. The van der Waals surface area contributed by atoms with Crippen molar-refractivity contribution >= 4 is 23.5 Å². The molecule has 1 aromatic carbocycles. The molecule has 1 aliphatic carbocycles. The van der Waals surface area contributed by atoms with Crippen molar-refractivity contribution in [2.24, 2.45) is 11.0 Å². The van der Waals surface area contributed by atoms with Gasteiger partial charge in [0, 0.05) is 10.4 Å². The van der Waals surface area contributed by atoms with Crippen LogP contribution in [-0.2, 0) is 12.8 Å². The van der Waals surface area contributed by atoms with Crippen molar-refractivity contribution in [3.05, 3.63) is 45.1 Å². The van der Waals surface area contributed by atoms with Crippen LogP contribution in [0.15, 0.2) is 29.4 Å². The summed E-state index contributed by atoms with van der Waals surface area (Å²) >= 11 is 1.59. The van der Waals surface area contributed by atoms with Crippen molar-refractivity contribution in [1.29, 1.82) is 0 Å². The summed E-state index contributed by atoms with van der Waals surface area (Å²) in [6.07, 6.45) is 6.15. The molecule has 0 fully saturated rings. The van der Waals surface area contributed by atoms with Gasteiger partial charge in [-0.1, -0.05) is 19.4 Å². The van der Waals surface area contributed by atoms with E-state index >= 15 is 0 Å². The van der Waals surface area contributed by atoms with Crippen molar-refractivity contribution < 1.29 is 14.3 Å². The van der Waals surface area contributed by atoms with Crippen molar-refractivity contribution in [3.8, 4) is 11.5 Å². The molecule has 1 N–H and O–H groups in total. The molecule has 6 heteroatoms. The number of thiophene rings is 1. The fourth-order valence-electron chi connectivity index (χ4n) is 3.29. The van der Waals surface area contributed by atoms with Crippen LogP contribution in [0.3, 0.4) is 0 Å². The maximum Gasteiger partial charge on any atom is 0.281 e. The van der Waals surface area contributed by atoms with Gasteiger partial charge in [0.1, 0.15) is 0 Å². The van der Waals surface area contributed by atoms with Crippen LogP contribution in [-0.4, -0.2) is 26.3 Å². The molecule has 1 heterocycles. The van der Waals surface area contributed by atoms with Gasteiger partial charge in [-0.15, -0.1) is 11.3 Å². The summed E-state index contributed by atoms with van der Waals surface area (Å²) in [5.74, 6) is 1.78. The van der Waals surface area contributed by atoms with E-state index in [0.29, 0.717) is 11.5 Å². The molecule has 0 unspecified atom stereocenters. The van der Waals surface area contributed by atoms with Crippen LogP contribution in [0.5, 0.6) is 11.5 Å². The van der Waals surface area contributed by atoms with Crippen LogP contribution in [0.4, 0.5) is 0 Å². The Morgan fingerprint density at radius 3 is 2.96 bits per heavy atom. The van der Waals surface area contributed by atoms with Crippen LogP contribution in [0.1, 0.15) is 45.4 Å². The van der Waals surface area contributed by atoms with E-state index < -0.39 is 0 Å². The molecule has 1 amide bonds. The molecule has 138 valence electrons. The van der Waals surface area contributed by atoms with Crippen LogP contribution >= 0.6 is 11.3 Å². The first-order valence-electron chi connectivity index (χ1n) is 8.82. The first kappa shape index (κ1) is 18.5. The van der Waals surface area contributed by atoms with E-state index in [1.807, 2.05) is 24.3 Å². The number of hydrogen-bond donors (Lipinski definition) is 1. The second-order valence-corrected chi connectivity index (χ2v) is 7.49. The van der Waals surface area contributed by atoms with Gasteiger partial charge in [0.05, 0.1) is 25.3 Å². The van der Waals surface area contributed by atoms with Gasteiger partial charge in [-0.25, -0.2) is 5.43 Å². The fraction of sp³-hybridized carbons (Fsp3) is 0.400. The SMILES string of the molecule is CC[C@H]1CCc2sc(C(=O)N/N=C\c3cccc(OC)c3OC)cc2C1. The molecule has 0 radical (unpaired) electrons. The fourth-order valence-corrected chi connectivity index (χ4v) is 4.39. The lowest BCUT2D eigenvalue weighted by Crippen LogP contribution is -2.16. The quantitative estimate of drug-likeness (QED) is 0.615. The molecule has 0 bridgehead atoms. The van der Waals surface area contributed by atoms with Gasteiger partial charge in [-0.05, 0) is 48.9 Å². The number of para-hydroxylation sites is 1. The van der Waals surface area contributed by atoms with Crippen LogP contribution < -0.4 is 14.9 Å². The summed E-state index contributed by atoms with van der Waals surface area (Å²) in [5.41, 5.74) is 4.68.